The van der Waals surface area contributed by atoms with Crippen LogP contribution in [0, 0.1) is 17.0 Å². The highest BCUT2D eigenvalue weighted by atomic mass is 32.2. The number of nitro benzene ring substituents is 1. The Balaban J connectivity index is 1.87. The predicted octanol–water partition coefficient (Wildman–Crippen LogP) is 2.94. The second kappa shape index (κ2) is 7.45. The Bertz CT molecular complexity index is 998. The van der Waals surface area contributed by atoms with Crippen LogP contribution < -0.4 is 5.32 Å². The highest BCUT2D eigenvalue weighted by Crippen LogP contribution is 2.26. The first-order valence-corrected chi connectivity index (χ1v) is 9.90. The van der Waals surface area contributed by atoms with Crippen molar-refractivity contribution in [2.24, 2.45) is 0 Å². The van der Waals surface area contributed by atoms with Crippen LogP contribution in [0.25, 0.3) is 0 Å². The summed E-state index contributed by atoms with van der Waals surface area (Å²) >= 11 is 0. The maximum atomic E-state index is 12.7. The molecule has 0 saturated carbocycles. The van der Waals surface area contributed by atoms with E-state index in [0.717, 1.165) is 12.8 Å². The Morgan fingerprint density at radius 2 is 1.81 bits per heavy atom. The molecular formula is C18H19N3O5S. The minimum Gasteiger partial charge on any atom is -0.321 e. The smallest absolute Gasteiger partial charge is 0.274 e. The van der Waals surface area contributed by atoms with E-state index in [1.54, 1.807) is 13.0 Å². The summed E-state index contributed by atoms with van der Waals surface area (Å²) in [4.78, 5) is 23.1. The molecule has 0 spiro atoms. The molecule has 0 bridgehead atoms. The summed E-state index contributed by atoms with van der Waals surface area (Å²) in [6, 6.07) is 10.2. The maximum Gasteiger partial charge on any atom is 0.274 e. The van der Waals surface area contributed by atoms with Crippen LogP contribution in [0.15, 0.2) is 47.4 Å². The molecule has 1 saturated heterocycles. The van der Waals surface area contributed by atoms with Gasteiger partial charge in [0.2, 0.25) is 10.0 Å². The number of nitrogens with zero attached hydrogens (tertiary/aromatic N) is 2. The molecule has 0 unspecified atom stereocenters. The van der Waals surface area contributed by atoms with E-state index in [-0.39, 0.29) is 16.1 Å². The number of carbonyl (C=O) groups is 1. The van der Waals surface area contributed by atoms with Crippen LogP contribution in [0.2, 0.25) is 0 Å². The molecule has 1 heterocycles. The Morgan fingerprint density at radius 3 is 2.48 bits per heavy atom. The van der Waals surface area contributed by atoms with Crippen molar-refractivity contribution in [3.8, 4) is 0 Å². The number of nitro groups is 1. The Hall–Kier alpha value is -2.78. The van der Waals surface area contributed by atoms with Gasteiger partial charge in [-0.2, -0.15) is 4.31 Å². The predicted molar refractivity (Wildman–Crippen MR) is 100 cm³/mol. The highest BCUT2D eigenvalue weighted by molar-refractivity contribution is 7.89. The van der Waals surface area contributed by atoms with Crippen LogP contribution in [-0.4, -0.2) is 36.6 Å². The molecule has 8 nitrogen and oxygen atoms in total. The maximum absolute atomic E-state index is 12.7. The summed E-state index contributed by atoms with van der Waals surface area (Å²) in [5.41, 5.74) is 0.707. The fraction of sp³-hybridized carbons (Fsp3) is 0.278. The summed E-state index contributed by atoms with van der Waals surface area (Å²) in [6.45, 7) is 2.50. The van der Waals surface area contributed by atoms with Crippen LogP contribution in [0.3, 0.4) is 0 Å². The highest BCUT2D eigenvalue weighted by Gasteiger charge is 2.27. The molecule has 0 aromatic heterocycles. The van der Waals surface area contributed by atoms with Crippen LogP contribution in [0.4, 0.5) is 11.4 Å². The summed E-state index contributed by atoms with van der Waals surface area (Å²) in [6.07, 6.45) is 1.65. The largest absolute Gasteiger partial charge is 0.321 e. The van der Waals surface area contributed by atoms with Gasteiger partial charge in [0.15, 0.2) is 0 Å². The standard InChI is InChI=1S/C18H19N3O5S/c1-13-16(8-5-9-17(13)21(23)24)19-18(22)14-6-4-7-15(12-14)27(25,26)20-10-2-3-11-20/h4-9,12H,2-3,10-11H2,1H3,(H,19,22). The van der Waals surface area contributed by atoms with Crippen molar-refractivity contribution >= 4 is 27.3 Å². The molecule has 2 aromatic carbocycles. The number of hydrogen-bond acceptors (Lipinski definition) is 5. The lowest BCUT2D eigenvalue weighted by molar-refractivity contribution is -0.385. The molecule has 1 aliphatic heterocycles. The van der Waals surface area contributed by atoms with Crippen molar-refractivity contribution in [3.63, 3.8) is 0 Å². The molecule has 1 fully saturated rings. The van der Waals surface area contributed by atoms with Crippen LogP contribution in [0.1, 0.15) is 28.8 Å². The molecule has 3 rings (SSSR count). The molecule has 2 aromatic rings. The van der Waals surface area contributed by atoms with Crippen molar-refractivity contribution < 1.29 is 18.1 Å². The van der Waals surface area contributed by atoms with E-state index in [9.17, 15) is 23.3 Å². The zero-order chi connectivity index (χ0) is 19.6. The quantitative estimate of drug-likeness (QED) is 0.624. The molecule has 1 aliphatic rings. The summed E-state index contributed by atoms with van der Waals surface area (Å²) in [7, 11) is -3.63. The average molecular weight is 389 g/mol. The van der Waals surface area contributed by atoms with Gasteiger partial charge < -0.3 is 5.32 Å². The van der Waals surface area contributed by atoms with Gasteiger partial charge >= 0.3 is 0 Å². The van der Waals surface area contributed by atoms with Gasteiger partial charge in [0, 0.05) is 24.7 Å². The SMILES string of the molecule is Cc1c(NC(=O)c2cccc(S(=O)(=O)N3CCCC3)c2)cccc1[N+](=O)[O-]. The van der Waals surface area contributed by atoms with E-state index in [2.05, 4.69) is 5.32 Å². The third-order valence-corrected chi connectivity index (χ3v) is 6.44. The zero-order valence-electron chi connectivity index (χ0n) is 14.7. The lowest BCUT2D eigenvalue weighted by Crippen LogP contribution is -2.28. The number of amides is 1. The summed E-state index contributed by atoms with van der Waals surface area (Å²) in [5.74, 6) is -0.530. The van der Waals surface area contributed by atoms with Crippen LogP contribution >= 0.6 is 0 Å². The Labute approximate surface area is 157 Å². The second-order valence-electron chi connectivity index (χ2n) is 6.30. The van der Waals surface area contributed by atoms with E-state index in [1.807, 2.05) is 0 Å². The van der Waals surface area contributed by atoms with E-state index in [0.29, 0.717) is 24.3 Å². The number of nitrogens with one attached hydrogen (secondary N) is 1. The number of benzene rings is 2. The van der Waals surface area contributed by atoms with Gasteiger partial charge in [0.1, 0.15) is 0 Å². The number of hydrogen-bond donors (Lipinski definition) is 1. The third kappa shape index (κ3) is 3.83. The number of rotatable bonds is 5. The molecule has 9 heteroatoms. The van der Waals surface area contributed by atoms with Crippen molar-refractivity contribution in [2.75, 3.05) is 18.4 Å². The molecule has 0 radical (unpaired) electrons. The second-order valence-corrected chi connectivity index (χ2v) is 8.24. The van der Waals surface area contributed by atoms with Gasteiger partial charge in [-0.1, -0.05) is 12.1 Å². The lowest BCUT2D eigenvalue weighted by Gasteiger charge is -2.16. The van der Waals surface area contributed by atoms with E-state index in [1.165, 1.54) is 40.7 Å². The van der Waals surface area contributed by atoms with Crippen molar-refractivity contribution in [1.82, 2.24) is 4.31 Å². The first-order chi connectivity index (χ1) is 12.8. The summed E-state index contributed by atoms with van der Waals surface area (Å²) < 4.78 is 26.7. The molecule has 142 valence electrons. The van der Waals surface area contributed by atoms with Gasteiger partial charge in [-0.15, -0.1) is 0 Å². The van der Waals surface area contributed by atoms with Gasteiger partial charge in [-0.05, 0) is 44.0 Å². The van der Waals surface area contributed by atoms with Gasteiger partial charge in [-0.25, -0.2) is 8.42 Å². The molecule has 27 heavy (non-hydrogen) atoms. The lowest BCUT2D eigenvalue weighted by atomic mass is 10.1. The zero-order valence-corrected chi connectivity index (χ0v) is 15.5. The van der Waals surface area contributed by atoms with Crippen LogP contribution in [0.5, 0.6) is 0 Å². The van der Waals surface area contributed by atoms with Crippen LogP contribution in [-0.2, 0) is 10.0 Å². The van der Waals surface area contributed by atoms with Crippen molar-refractivity contribution in [1.29, 1.82) is 0 Å². The Kier molecular flexibility index (Phi) is 5.24. The fourth-order valence-corrected chi connectivity index (χ4v) is 4.59. The monoisotopic (exact) mass is 389 g/mol. The fourth-order valence-electron chi connectivity index (χ4n) is 3.03. The number of sulfonamides is 1. The first-order valence-electron chi connectivity index (χ1n) is 8.46. The van der Waals surface area contributed by atoms with Crippen molar-refractivity contribution in [3.05, 3.63) is 63.7 Å². The third-order valence-electron chi connectivity index (χ3n) is 4.55. The van der Waals surface area contributed by atoms with E-state index < -0.39 is 20.9 Å². The minimum absolute atomic E-state index is 0.0628. The average Bonchev–Trinajstić information content (AvgIpc) is 3.19. The number of carbonyl (C=O) groups excluding carboxylic acids is 1. The minimum atomic E-state index is -3.63. The molecule has 0 aliphatic carbocycles. The topological polar surface area (TPSA) is 110 Å². The summed E-state index contributed by atoms with van der Waals surface area (Å²) in [5, 5.41) is 13.7. The number of anilines is 1. The van der Waals surface area contributed by atoms with Gasteiger partial charge in [0.05, 0.1) is 21.1 Å². The van der Waals surface area contributed by atoms with E-state index >= 15 is 0 Å². The van der Waals surface area contributed by atoms with Crippen molar-refractivity contribution in [2.45, 2.75) is 24.7 Å². The molecule has 0 atom stereocenters. The first kappa shape index (κ1) is 19.0. The Morgan fingerprint density at radius 1 is 1.15 bits per heavy atom. The van der Waals surface area contributed by atoms with Gasteiger partial charge in [-0.3, -0.25) is 14.9 Å². The molecule has 1 N–H and O–H groups in total. The normalized spacial score (nSPS) is 14.9. The van der Waals surface area contributed by atoms with Gasteiger partial charge in [0.25, 0.3) is 11.6 Å². The molecule has 1 amide bonds. The molecular weight excluding hydrogens is 370 g/mol. The van der Waals surface area contributed by atoms with E-state index in [4.69, 9.17) is 0 Å².